The minimum Gasteiger partial charge on any atom is -0.366 e. The topological polar surface area (TPSA) is 27.6 Å². The van der Waals surface area contributed by atoms with E-state index in [4.69, 9.17) is 34.8 Å². The van der Waals surface area contributed by atoms with Crippen LogP contribution < -0.4 is 5.32 Å². The van der Waals surface area contributed by atoms with Gasteiger partial charge in [-0.2, -0.15) is 0 Å². The highest BCUT2D eigenvalue weighted by Crippen LogP contribution is 2.36. The van der Waals surface area contributed by atoms with Crippen molar-refractivity contribution in [2.45, 2.75) is 6.92 Å². The highest BCUT2D eigenvalue weighted by molar-refractivity contribution is 6.37. The van der Waals surface area contributed by atoms with Gasteiger partial charge in [-0.05, 0) is 37.3 Å². The smallest absolute Gasteiger partial charge is 0.126 e. The third-order valence-electron chi connectivity index (χ3n) is 3.07. The zero-order chi connectivity index (χ0) is 17.0. The van der Waals surface area contributed by atoms with Crippen LogP contribution in [-0.4, -0.2) is 24.8 Å². The predicted octanol–water partition coefficient (Wildman–Crippen LogP) is 6.14. The number of nitrogens with one attached hydrogen (secondary N) is 1. The molecule has 2 aromatic carbocycles. The second kappa shape index (κ2) is 7.86. The van der Waals surface area contributed by atoms with E-state index in [1.54, 1.807) is 24.5 Å². The first-order chi connectivity index (χ1) is 10.9. The van der Waals surface area contributed by atoms with E-state index in [0.717, 1.165) is 6.54 Å². The molecule has 7 heteroatoms. The molecule has 3 nitrogen and oxygen atoms in total. The first-order valence-corrected chi connectivity index (χ1v) is 7.99. The van der Waals surface area contributed by atoms with Gasteiger partial charge in [0.25, 0.3) is 0 Å². The Labute approximate surface area is 149 Å². The molecular weight excluding hydrogens is 360 g/mol. The monoisotopic (exact) mass is 373 g/mol. The van der Waals surface area contributed by atoms with E-state index in [9.17, 15) is 4.39 Å². The third-order valence-corrected chi connectivity index (χ3v) is 3.90. The van der Waals surface area contributed by atoms with E-state index in [-0.39, 0.29) is 0 Å². The van der Waals surface area contributed by atoms with Gasteiger partial charge < -0.3 is 10.2 Å². The molecule has 0 saturated heterocycles. The highest BCUT2D eigenvalue weighted by atomic mass is 35.5. The van der Waals surface area contributed by atoms with Crippen LogP contribution >= 0.6 is 34.8 Å². The highest BCUT2D eigenvalue weighted by Gasteiger charge is 2.08. The fourth-order valence-corrected chi connectivity index (χ4v) is 2.39. The number of hydrogen-bond donors (Lipinski definition) is 1. The second-order valence-corrected chi connectivity index (χ2v) is 6.14. The maximum atomic E-state index is 13.4. The number of benzene rings is 2. The van der Waals surface area contributed by atoms with Gasteiger partial charge in [0.15, 0.2) is 0 Å². The zero-order valence-electron chi connectivity index (χ0n) is 12.6. The fraction of sp³-hybridized carbons (Fsp3) is 0.188. The number of anilines is 2. The van der Waals surface area contributed by atoms with Crippen LogP contribution in [0.15, 0.2) is 35.3 Å². The molecule has 0 aliphatic rings. The molecule has 23 heavy (non-hydrogen) atoms. The quantitative estimate of drug-likeness (QED) is 0.502. The minimum absolute atomic E-state index is 0.290. The Bertz CT molecular complexity index is 715. The molecule has 0 bridgehead atoms. The number of rotatable bonds is 5. The van der Waals surface area contributed by atoms with Gasteiger partial charge in [0.2, 0.25) is 0 Å². The first-order valence-electron chi connectivity index (χ1n) is 6.85. The normalized spacial score (nSPS) is 11.0. The number of nitrogens with zero attached hydrogens (tertiary/aromatic N) is 2. The van der Waals surface area contributed by atoms with Crippen molar-refractivity contribution in [1.29, 1.82) is 0 Å². The minimum atomic E-state index is -0.439. The van der Waals surface area contributed by atoms with Gasteiger partial charge in [0, 0.05) is 24.3 Å². The maximum absolute atomic E-state index is 13.4. The summed E-state index contributed by atoms with van der Waals surface area (Å²) >= 11 is 18.3. The van der Waals surface area contributed by atoms with Crippen LogP contribution in [0, 0.1) is 5.82 Å². The lowest BCUT2D eigenvalue weighted by atomic mass is 10.2. The predicted molar refractivity (Wildman–Crippen MR) is 97.6 cm³/mol. The molecule has 0 aromatic heterocycles. The van der Waals surface area contributed by atoms with E-state index >= 15 is 0 Å². The summed E-state index contributed by atoms with van der Waals surface area (Å²) in [7, 11) is 1.91. The Kier molecular flexibility index (Phi) is 6.10. The van der Waals surface area contributed by atoms with E-state index < -0.39 is 5.82 Å². The molecule has 122 valence electrons. The fourth-order valence-electron chi connectivity index (χ4n) is 1.75. The van der Waals surface area contributed by atoms with Crippen molar-refractivity contribution in [3.05, 3.63) is 51.2 Å². The molecule has 0 amide bonds. The van der Waals surface area contributed by atoms with Gasteiger partial charge in [-0.3, -0.25) is 0 Å². The van der Waals surface area contributed by atoms with Crippen molar-refractivity contribution in [3.63, 3.8) is 0 Å². The van der Waals surface area contributed by atoms with E-state index in [1.807, 2.05) is 18.9 Å². The number of hydrogen-bond acceptors (Lipinski definition) is 2. The lowest BCUT2D eigenvalue weighted by molar-refractivity contribution is 0.552. The average molecular weight is 375 g/mol. The van der Waals surface area contributed by atoms with Crippen LogP contribution in [0.1, 0.15) is 6.92 Å². The Morgan fingerprint density at radius 2 is 1.87 bits per heavy atom. The van der Waals surface area contributed by atoms with Crippen LogP contribution in [-0.2, 0) is 0 Å². The molecule has 0 atom stereocenters. The van der Waals surface area contributed by atoms with Crippen LogP contribution in [0.4, 0.5) is 21.5 Å². The summed E-state index contributed by atoms with van der Waals surface area (Å²) in [6.07, 6.45) is 1.68. The molecule has 0 radical (unpaired) electrons. The summed E-state index contributed by atoms with van der Waals surface area (Å²) in [6.45, 7) is 2.84. The standard InChI is InChI=1S/C16H15Cl3FN3/c1-3-23(2)9-21-15-7-14(19)16(8-13(15)18)22-12-5-10(17)4-11(20)6-12/h4-9,22H,3H2,1-2H3/b21-9-. The Morgan fingerprint density at radius 3 is 2.52 bits per heavy atom. The van der Waals surface area contributed by atoms with E-state index in [1.165, 1.54) is 12.1 Å². The Balaban J connectivity index is 2.27. The van der Waals surface area contributed by atoms with Crippen molar-refractivity contribution < 1.29 is 4.39 Å². The molecule has 0 saturated carbocycles. The van der Waals surface area contributed by atoms with Gasteiger partial charge in [-0.15, -0.1) is 0 Å². The van der Waals surface area contributed by atoms with Crippen molar-refractivity contribution in [1.82, 2.24) is 4.90 Å². The molecule has 0 spiro atoms. The van der Waals surface area contributed by atoms with Crippen LogP contribution in [0.25, 0.3) is 0 Å². The SMILES string of the molecule is CCN(C)/C=N\c1cc(Cl)c(Nc2cc(F)cc(Cl)c2)cc1Cl. The molecule has 2 aromatic rings. The van der Waals surface area contributed by atoms with Crippen LogP contribution in [0.3, 0.4) is 0 Å². The summed E-state index contributed by atoms with van der Waals surface area (Å²) in [4.78, 5) is 6.20. The second-order valence-electron chi connectivity index (χ2n) is 4.88. The molecule has 2 rings (SSSR count). The van der Waals surface area contributed by atoms with Gasteiger partial charge in [0.1, 0.15) is 5.82 Å². The van der Waals surface area contributed by atoms with E-state index in [0.29, 0.717) is 32.1 Å². The molecule has 0 aliphatic carbocycles. The summed E-state index contributed by atoms with van der Waals surface area (Å²) < 4.78 is 13.4. The zero-order valence-corrected chi connectivity index (χ0v) is 14.8. The lowest BCUT2D eigenvalue weighted by Crippen LogP contribution is -2.14. The molecule has 0 unspecified atom stereocenters. The van der Waals surface area contributed by atoms with Crippen LogP contribution in [0.2, 0.25) is 15.1 Å². The molecule has 0 aliphatic heterocycles. The van der Waals surface area contributed by atoms with Gasteiger partial charge in [0.05, 0.1) is 27.8 Å². The molecule has 0 heterocycles. The van der Waals surface area contributed by atoms with Gasteiger partial charge >= 0.3 is 0 Å². The summed E-state index contributed by atoms with van der Waals surface area (Å²) in [5.74, 6) is -0.439. The van der Waals surface area contributed by atoms with Crippen molar-refractivity contribution in [2.24, 2.45) is 4.99 Å². The van der Waals surface area contributed by atoms with Gasteiger partial charge in [-0.25, -0.2) is 9.38 Å². The number of aliphatic imine (C=N–C) groups is 1. The van der Waals surface area contributed by atoms with Crippen LogP contribution in [0.5, 0.6) is 0 Å². The Morgan fingerprint density at radius 1 is 1.13 bits per heavy atom. The largest absolute Gasteiger partial charge is 0.366 e. The van der Waals surface area contributed by atoms with E-state index in [2.05, 4.69) is 10.3 Å². The van der Waals surface area contributed by atoms with Crippen molar-refractivity contribution >= 4 is 58.2 Å². The van der Waals surface area contributed by atoms with Crippen molar-refractivity contribution in [3.8, 4) is 0 Å². The molecular formula is C16H15Cl3FN3. The summed E-state index contributed by atoms with van der Waals surface area (Å²) in [5, 5.41) is 4.13. The Hall–Kier alpha value is -1.49. The molecule has 0 fully saturated rings. The summed E-state index contributed by atoms with van der Waals surface area (Å²) in [5.41, 5.74) is 1.58. The number of halogens is 4. The lowest BCUT2D eigenvalue weighted by Gasteiger charge is -2.12. The van der Waals surface area contributed by atoms with Gasteiger partial charge in [-0.1, -0.05) is 34.8 Å². The average Bonchev–Trinajstić information content (AvgIpc) is 2.47. The van der Waals surface area contributed by atoms with Crippen molar-refractivity contribution in [2.75, 3.05) is 18.9 Å². The first kappa shape index (κ1) is 17.9. The molecule has 1 N–H and O–H groups in total. The third kappa shape index (κ3) is 4.99. The maximum Gasteiger partial charge on any atom is 0.126 e. The summed E-state index contributed by atoms with van der Waals surface area (Å²) in [6, 6.07) is 7.42.